The maximum Gasteiger partial charge on any atom is 0.243 e. The van der Waals surface area contributed by atoms with Crippen molar-refractivity contribution in [2.75, 3.05) is 12.9 Å². The van der Waals surface area contributed by atoms with Gasteiger partial charge in [0, 0.05) is 28.9 Å². The summed E-state index contributed by atoms with van der Waals surface area (Å²) >= 11 is 7.68. The fraction of sp³-hybridized carbons (Fsp3) is 0.500. The van der Waals surface area contributed by atoms with Crippen molar-refractivity contribution < 1.29 is 14.3 Å². The molecule has 1 saturated carbocycles. The van der Waals surface area contributed by atoms with E-state index in [1.807, 2.05) is 55.5 Å². The molecule has 0 bridgehead atoms. The summed E-state index contributed by atoms with van der Waals surface area (Å²) in [5, 5.41) is 3.95. The fourth-order valence-corrected chi connectivity index (χ4v) is 5.50. The zero-order chi connectivity index (χ0) is 25.0. The number of benzene rings is 2. The van der Waals surface area contributed by atoms with Crippen LogP contribution in [0.25, 0.3) is 0 Å². The van der Waals surface area contributed by atoms with Crippen LogP contribution in [0.3, 0.4) is 0 Å². The third-order valence-corrected chi connectivity index (χ3v) is 7.79. The molecule has 0 spiro atoms. The van der Waals surface area contributed by atoms with Crippen LogP contribution in [0.1, 0.15) is 63.9 Å². The van der Waals surface area contributed by atoms with Crippen LogP contribution in [0.4, 0.5) is 0 Å². The topological polar surface area (TPSA) is 58.6 Å². The van der Waals surface area contributed by atoms with Gasteiger partial charge in [-0.05, 0) is 73.4 Å². The molecule has 0 aromatic heterocycles. The molecule has 0 unspecified atom stereocenters. The molecule has 1 fully saturated rings. The van der Waals surface area contributed by atoms with E-state index in [0.717, 1.165) is 59.1 Å². The summed E-state index contributed by atoms with van der Waals surface area (Å²) in [5.74, 6) is 1.54. The molecule has 7 heteroatoms. The minimum absolute atomic E-state index is 0.00942. The van der Waals surface area contributed by atoms with Gasteiger partial charge in [0.1, 0.15) is 11.8 Å². The van der Waals surface area contributed by atoms with Gasteiger partial charge in [-0.15, -0.1) is 11.8 Å². The highest BCUT2D eigenvalue weighted by Gasteiger charge is 2.30. The van der Waals surface area contributed by atoms with Gasteiger partial charge in [-0.2, -0.15) is 0 Å². The molecule has 2 aromatic carbocycles. The quantitative estimate of drug-likeness (QED) is 0.259. The third-order valence-electron chi connectivity index (χ3n) is 6.44. The summed E-state index contributed by atoms with van der Waals surface area (Å²) in [6.07, 6.45) is 7.30. The summed E-state index contributed by atoms with van der Waals surface area (Å²) in [4.78, 5) is 29.6. The van der Waals surface area contributed by atoms with Crippen LogP contribution in [0.15, 0.2) is 53.4 Å². The largest absolute Gasteiger partial charge is 0.497 e. The standard InChI is InChI=1S/C28H37ClN2O3S/c1-3-26(28(33)30-23-10-5-4-6-11-23)31(20-21-9-7-12-24(19-21)34-2)27(32)13-8-18-35-25-16-14-22(29)15-17-25/h7,9,12,14-17,19,23,26H,3-6,8,10-11,13,18,20H2,1-2H3,(H,30,33)/t26-/m0/s1. The molecular weight excluding hydrogens is 480 g/mol. The van der Waals surface area contributed by atoms with Crippen molar-refractivity contribution in [1.29, 1.82) is 0 Å². The van der Waals surface area contributed by atoms with Gasteiger partial charge in [0.2, 0.25) is 11.8 Å². The minimum Gasteiger partial charge on any atom is -0.497 e. The average molecular weight is 517 g/mol. The number of carbonyl (C=O) groups is 2. The number of halogens is 1. The van der Waals surface area contributed by atoms with Crippen LogP contribution >= 0.6 is 23.4 Å². The van der Waals surface area contributed by atoms with Gasteiger partial charge in [0.15, 0.2) is 0 Å². The zero-order valence-corrected chi connectivity index (χ0v) is 22.4. The normalized spacial score (nSPS) is 14.8. The number of ether oxygens (including phenoxy) is 1. The number of nitrogens with one attached hydrogen (secondary N) is 1. The van der Waals surface area contributed by atoms with Crippen molar-refractivity contribution in [3.05, 3.63) is 59.1 Å². The Kier molecular flexibility index (Phi) is 11.3. The first-order chi connectivity index (χ1) is 17.0. The van der Waals surface area contributed by atoms with Crippen LogP contribution in [0.5, 0.6) is 5.75 Å². The second-order valence-electron chi connectivity index (χ2n) is 9.05. The molecule has 0 heterocycles. The van der Waals surface area contributed by atoms with E-state index in [2.05, 4.69) is 5.32 Å². The van der Waals surface area contributed by atoms with E-state index >= 15 is 0 Å². The number of carbonyl (C=O) groups excluding carboxylic acids is 2. The highest BCUT2D eigenvalue weighted by molar-refractivity contribution is 7.99. The van der Waals surface area contributed by atoms with Gasteiger partial charge in [-0.25, -0.2) is 0 Å². The molecule has 1 aliphatic carbocycles. The Bertz CT molecular complexity index is 947. The van der Waals surface area contributed by atoms with Gasteiger partial charge in [0.25, 0.3) is 0 Å². The lowest BCUT2D eigenvalue weighted by atomic mass is 9.95. The van der Waals surface area contributed by atoms with Gasteiger partial charge < -0.3 is 15.0 Å². The average Bonchev–Trinajstić information content (AvgIpc) is 2.88. The van der Waals surface area contributed by atoms with E-state index in [1.54, 1.807) is 23.8 Å². The second kappa shape index (κ2) is 14.4. The molecule has 2 aromatic rings. The molecule has 1 aliphatic rings. The first-order valence-electron chi connectivity index (χ1n) is 12.6. The molecule has 190 valence electrons. The van der Waals surface area contributed by atoms with Crippen molar-refractivity contribution in [2.45, 2.75) is 81.8 Å². The predicted molar refractivity (Wildman–Crippen MR) is 144 cm³/mol. The Hall–Kier alpha value is -2.18. The monoisotopic (exact) mass is 516 g/mol. The van der Waals surface area contributed by atoms with Crippen LogP contribution in [0, 0.1) is 0 Å². The van der Waals surface area contributed by atoms with E-state index in [1.165, 1.54) is 6.42 Å². The van der Waals surface area contributed by atoms with Gasteiger partial charge >= 0.3 is 0 Å². The predicted octanol–water partition coefficient (Wildman–Crippen LogP) is 6.48. The Balaban J connectivity index is 1.66. The molecule has 0 aliphatic heterocycles. The first-order valence-corrected chi connectivity index (χ1v) is 14.0. The number of hydrogen-bond donors (Lipinski definition) is 1. The van der Waals surface area contributed by atoms with E-state index in [9.17, 15) is 9.59 Å². The lowest BCUT2D eigenvalue weighted by Gasteiger charge is -2.33. The lowest BCUT2D eigenvalue weighted by molar-refractivity contribution is -0.141. The Labute approximate surface area is 218 Å². The van der Waals surface area contributed by atoms with Crippen molar-refractivity contribution in [1.82, 2.24) is 10.2 Å². The Morgan fingerprint density at radius 2 is 1.89 bits per heavy atom. The summed E-state index contributed by atoms with van der Waals surface area (Å²) in [6, 6.07) is 15.2. The number of rotatable bonds is 12. The maximum absolute atomic E-state index is 13.4. The van der Waals surface area contributed by atoms with Crippen LogP contribution in [-0.2, 0) is 16.1 Å². The number of hydrogen-bond acceptors (Lipinski definition) is 4. The molecular formula is C28H37ClN2O3S. The number of methoxy groups -OCH3 is 1. The van der Waals surface area contributed by atoms with Crippen molar-refractivity contribution in [3.63, 3.8) is 0 Å². The van der Waals surface area contributed by atoms with E-state index in [0.29, 0.717) is 19.4 Å². The molecule has 0 saturated heterocycles. The zero-order valence-electron chi connectivity index (χ0n) is 20.8. The second-order valence-corrected chi connectivity index (χ2v) is 10.7. The number of nitrogens with zero attached hydrogens (tertiary/aromatic N) is 1. The van der Waals surface area contributed by atoms with Gasteiger partial charge in [0.05, 0.1) is 7.11 Å². The number of amides is 2. The van der Waals surface area contributed by atoms with Crippen LogP contribution in [0.2, 0.25) is 5.02 Å². The lowest BCUT2D eigenvalue weighted by Crippen LogP contribution is -2.51. The van der Waals surface area contributed by atoms with Gasteiger partial charge in [-0.3, -0.25) is 9.59 Å². The summed E-state index contributed by atoms with van der Waals surface area (Å²) in [5.41, 5.74) is 0.956. The highest BCUT2D eigenvalue weighted by atomic mass is 35.5. The number of thioether (sulfide) groups is 1. The van der Waals surface area contributed by atoms with Crippen LogP contribution in [-0.4, -0.2) is 41.7 Å². The summed E-state index contributed by atoms with van der Waals surface area (Å²) < 4.78 is 5.37. The molecule has 3 rings (SSSR count). The van der Waals surface area contributed by atoms with E-state index < -0.39 is 6.04 Å². The SMILES string of the molecule is CC[C@@H](C(=O)NC1CCCCC1)N(Cc1cccc(OC)c1)C(=O)CCCSc1ccc(Cl)cc1. The smallest absolute Gasteiger partial charge is 0.243 e. The molecule has 1 atom stereocenters. The van der Waals surface area contributed by atoms with Gasteiger partial charge in [-0.1, -0.05) is 49.9 Å². The fourth-order valence-electron chi connectivity index (χ4n) is 4.52. The minimum atomic E-state index is -0.487. The summed E-state index contributed by atoms with van der Waals surface area (Å²) in [6.45, 7) is 2.37. The Morgan fingerprint density at radius 1 is 1.14 bits per heavy atom. The highest BCUT2D eigenvalue weighted by Crippen LogP contribution is 2.23. The van der Waals surface area contributed by atoms with Crippen molar-refractivity contribution in [2.24, 2.45) is 0 Å². The first kappa shape index (κ1) is 27.4. The van der Waals surface area contributed by atoms with Crippen molar-refractivity contribution in [3.8, 4) is 5.75 Å². The Morgan fingerprint density at radius 3 is 2.57 bits per heavy atom. The van der Waals surface area contributed by atoms with E-state index in [4.69, 9.17) is 16.3 Å². The third kappa shape index (κ3) is 8.76. The molecule has 5 nitrogen and oxygen atoms in total. The summed E-state index contributed by atoms with van der Waals surface area (Å²) in [7, 11) is 1.63. The molecule has 35 heavy (non-hydrogen) atoms. The molecule has 0 radical (unpaired) electrons. The molecule has 2 amide bonds. The maximum atomic E-state index is 13.4. The van der Waals surface area contributed by atoms with E-state index in [-0.39, 0.29) is 17.9 Å². The molecule has 1 N–H and O–H groups in total. The van der Waals surface area contributed by atoms with Crippen LogP contribution < -0.4 is 10.1 Å². The van der Waals surface area contributed by atoms with Crippen molar-refractivity contribution >= 4 is 35.2 Å².